The molecule has 0 aliphatic heterocycles. The van der Waals surface area contributed by atoms with Gasteiger partial charge in [-0.25, -0.2) is 0 Å². The van der Waals surface area contributed by atoms with E-state index in [1.54, 1.807) is 12.1 Å². The predicted octanol–water partition coefficient (Wildman–Crippen LogP) is 1.24. The van der Waals surface area contributed by atoms with Crippen LogP contribution in [0.4, 0.5) is 0 Å². The number of aliphatic hydroxyl groups excluding tert-OH is 1. The number of furan rings is 1. The molecule has 1 heterocycles. The van der Waals surface area contributed by atoms with E-state index in [1.807, 2.05) is 0 Å². The molecule has 3 nitrogen and oxygen atoms in total. The number of allylic oxidation sites excluding steroid dienone is 1. The van der Waals surface area contributed by atoms with Crippen LogP contribution in [0.15, 0.2) is 28.9 Å². The van der Waals surface area contributed by atoms with E-state index in [-0.39, 0.29) is 24.9 Å². The highest BCUT2D eigenvalue weighted by Gasteiger charge is 1.94. The van der Waals surface area contributed by atoms with Gasteiger partial charge in [-0.3, -0.25) is 4.79 Å². The van der Waals surface area contributed by atoms with Gasteiger partial charge in [-0.05, 0) is 24.3 Å². The maximum absolute atomic E-state index is 11.0. The Balaban J connectivity index is 2.66. The zero-order valence-electron chi connectivity index (χ0n) is 7.49. The van der Waals surface area contributed by atoms with Gasteiger partial charge in [-0.15, -0.1) is 0 Å². The summed E-state index contributed by atoms with van der Waals surface area (Å²) in [6, 6.07) is 3.18. The molecule has 0 saturated carbocycles. The molecule has 1 aromatic heterocycles. The van der Waals surface area contributed by atoms with Gasteiger partial charge in [0.15, 0.2) is 5.78 Å². The summed E-state index contributed by atoms with van der Waals surface area (Å²) in [6.45, 7) is -0.229. The van der Waals surface area contributed by atoms with Crippen molar-refractivity contribution in [3.63, 3.8) is 0 Å². The first kappa shape index (κ1) is 7.31. The zero-order valence-corrected chi connectivity index (χ0v) is 6.49. The number of hydrogen-bond donors (Lipinski definition) is 1. The molecule has 0 aliphatic rings. The fraction of sp³-hybridized carbons (Fsp3) is 0.222. The summed E-state index contributed by atoms with van der Waals surface area (Å²) in [6.07, 6.45) is 2.78. The molecule has 0 spiro atoms. The molecule has 1 rings (SSSR count). The summed E-state index contributed by atoms with van der Waals surface area (Å²) in [7, 11) is 0. The quantitative estimate of drug-likeness (QED) is 0.686. The number of carbonyl (C=O) groups excluding carboxylic acids is 1. The highest BCUT2D eigenvalue weighted by Crippen LogP contribution is 2.02. The molecule has 1 N–H and O–H groups in total. The molecule has 12 heavy (non-hydrogen) atoms. The highest BCUT2D eigenvalue weighted by atomic mass is 16.3. The lowest BCUT2D eigenvalue weighted by Crippen LogP contribution is -1.95. The number of carbonyl (C=O) groups is 1. The summed E-state index contributed by atoms with van der Waals surface area (Å²) < 4.78 is 12.2. The minimum Gasteiger partial charge on any atom is -0.465 e. The van der Waals surface area contributed by atoms with Gasteiger partial charge in [0, 0.05) is 6.42 Å². The SMILES string of the molecule is [2H]C(=Cc1ccco1)C(=O)CCO. The van der Waals surface area contributed by atoms with Gasteiger partial charge in [0.25, 0.3) is 0 Å². The maximum atomic E-state index is 11.0. The second kappa shape index (κ2) is 4.51. The van der Waals surface area contributed by atoms with Crippen LogP contribution in [0.3, 0.4) is 0 Å². The standard InChI is InChI=1S/C9H10O3/c10-6-5-8(11)3-4-9-2-1-7-12-9/h1-4,7,10H,5-6H2/i3D. The van der Waals surface area contributed by atoms with Gasteiger partial charge < -0.3 is 9.52 Å². The second-order valence-electron chi connectivity index (χ2n) is 2.20. The maximum Gasteiger partial charge on any atom is 0.158 e. The molecule has 3 heteroatoms. The molecular formula is C9H10O3. The average molecular weight is 167 g/mol. The third-order valence-corrected chi connectivity index (χ3v) is 1.26. The van der Waals surface area contributed by atoms with Gasteiger partial charge in [-0.2, -0.15) is 0 Å². The van der Waals surface area contributed by atoms with Crippen molar-refractivity contribution in [1.82, 2.24) is 0 Å². The number of ketones is 1. The van der Waals surface area contributed by atoms with Crippen molar-refractivity contribution in [2.75, 3.05) is 6.61 Å². The van der Waals surface area contributed by atoms with Crippen molar-refractivity contribution >= 4 is 11.9 Å². The molecule has 0 bridgehead atoms. The number of aliphatic hydroxyl groups is 1. The molecule has 0 saturated heterocycles. The highest BCUT2D eigenvalue weighted by molar-refractivity contribution is 5.93. The fourth-order valence-electron chi connectivity index (χ4n) is 0.699. The van der Waals surface area contributed by atoms with E-state index in [9.17, 15) is 4.79 Å². The first-order chi connectivity index (χ1) is 6.24. The first-order valence-electron chi connectivity index (χ1n) is 4.10. The lowest BCUT2D eigenvalue weighted by molar-refractivity contribution is -0.115. The van der Waals surface area contributed by atoms with Gasteiger partial charge in [0.1, 0.15) is 5.76 Å². The molecule has 0 aromatic carbocycles. The topological polar surface area (TPSA) is 50.4 Å². The fourth-order valence-corrected chi connectivity index (χ4v) is 0.699. The Morgan fingerprint density at radius 3 is 3.25 bits per heavy atom. The van der Waals surface area contributed by atoms with E-state index in [4.69, 9.17) is 10.9 Å². The van der Waals surface area contributed by atoms with E-state index in [2.05, 4.69) is 0 Å². The monoisotopic (exact) mass is 167 g/mol. The van der Waals surface area contributed by atoms with Crippen LogP contribution in [-0.2, 0) is 4.79 Å². The molecule has 0 aliphatic carbocycles. The van der Waals surface area contributed by atoms with Crippen LogP contribution in [0, 0.1) is 0 Å². The third kappa shape index (κ3) is 2.72. The second-order valence-corrected chi connectivity index (χ2v) is 2.20. The Morgan fingerprint density at radius 2 is 2.67 bits per heavy atom. The Bertz CT molecular complexity index is 301. The predicted molar refractivity (Wildman–Crippen MR) is 44.5 cm³/mol. The zero-order chi connectivity index (χ0) is 9.68. The summed E-state index contributed by atoms with van der Waals surface area (Å²) in [5, 5.41) is 8.46. The van der Waals surface area contributed by atoms with Crippen molar-refractivity contribution in [1.29, 1.82) is 0 Å². The van der Waals surface area contributed by atoms with Crippen molar-refractivity contribution < 1.29 is 15.7 Å². The van der Waals surface area contributed by atoms with E-state index in [1.165, 1.54) is 12.3 Å². The largest absolute Gasteiger partial charge is 0.465 e. The minimum atomic E-state index is -0.390. The van der Waals surface area contributed by atoms with Crippen molar-refractivity contribution in [2.24, 2.45) is 0 Å². The molecule has 0 amide bonds. The summed E-state index contributed by atoms with van der Waals surface area (Å²) in [5.74, 6) is 0.0789. The van der Waals surface area contributed by atoms with Crippen LogP contribution in [0.2, 0.25) is 0 Å². The summed E-state index contributed by atoms with van der Waals surface area (Å²) in [5.41, 5.74) is 0. The van der Waals surface area contributed by atoms with Crippen LogP contribution in [-0.4, -0.2) is 17.5 Å². The third-order valence-electron chi connectivity index (χ3n) is 1.26. The molecule has 64 valence electrons. The summed E-state index contributed by atoms with van der Waals surface area (Å²) >= 11 is 0. The van der Waals surface area contributed by atoms with Gasteiger partial charge >= 0.3 is 0 Å². The van der Waals surface area contributed by atoms with E-state index >= 15 is 0 Å². The van der Waals surface area contributed by atoms with Crippen LogP contribution in [0.5, 0.6) is 0 Å². The van der Waals surface area contributed by atoms with Crippen molar-refractivity contribution in [2.45, 2.75) is 6.42 Å². The van der Waals surface area contributed by atoms with Crippen molar-refractivity contribution in [3.8, 4) is 0 Å². The van der Waals surface area contributed by atoms with E-state index in [0.717, 1.165) is 0 Å². The van der Waals surface area contributed by atoms with E-state index in [0.29, 0.717) is 5.76 Å². The molecule has 0 unspecified atom stereocenters. The lowest BCUT2D eigenvalue weighted by atomic mass is 10.2. The smallest absolute Gasteiger partial charge is 0.158 e. The molecule has 0 radical (unpaired) electrons. The first-order valence-corrected chi connectivity index (χ1v) is 3.60. The Labute approximate surface area is 71.7 Å². The minimum absolute atomic E-state index is 0.0178. The summed E-state index contributed by atoms with van der Waals surface area (Å²) in [4.78, 5) is 11.0. The van der Waals surface area contributed by atoms with Gasteiger partial charge in [0.05, 0.1) is 14.2 Å². The van der Waals surface area contributed by atoms with E-state index < -0.39 is 0 Å². The van der Waals surface area contributed by atoms with Crippen molar-refractivity contribution in [3.05, 3.63) is 30.2 Å². The molecule has 0 atom stereocenters. The Hall–Kier alpha value is -1.35. The number of hydrogen-bond acceptors (Lipinski definition) is 3. The number of rotatable bonds is 4. The molecular weight excluding hydrogens is 156 g/mol. The van der Waals surface area contributed by atoms with Crippen LogP contribution < -0.4 is 0 Å². The molecule has 1 aromatic rings. The van der Waals surface area contributed by atoms with Gasteiger partial charge in [0.2, 0.25) is 0 Å². The lowest BCUT2D eigenvalue weighted by Gasteiger charge is -1.87. The normalized spacial score (nSPS) is 12.8. The van der Waals surface area contributed by atoms with Crippen LogP contribution >= 0.6 is 0 Å². The average Bonchev–Trinajstić information content (AvgIpc) is 2.57. The molecule has 0 fully saturated rings. The van der Waals surface area contributed by atoms with Gasteiger partial charge in [-0.1, -0.05) is 0 Å². The van der Waals surface area contributed by atoms with Crippen LogP contribution in [0.25, 0.3) is 6.08 Å². The van der Waals surface area contributed by atoms with Crippen LogP contribution in [0.1, 0.15) is 13.6 Å². The Kier molecular flexibility index (Phi) is 2.75. The Morgan fingerprint density at radius 1 is 1.83 bits per heavy atom.